The summed E-state index contributed by atoms with van der Waals surface area (Å²) in [5.41, 5.74) is 0.680. The van der Waals surface area contributed by atoms with E-state index in [0.29, 0.717) is 28.7 Å². The second kappa shape index (κ2) is 6.29. The Bertz CT molecular complexity index is 761. The molecule has 1 aliphatic heterocycles. The fourth-order valence-electron chi connectivity index (χ4n) is 2.33. The van der Waals surface area contributed by atoms with E-state index in [9.17, 15) is 9.59 Å². The fourth-order valence-corrected chi connectivity index (χ4v) is 3.26. The van der Waals surface area contributed by atoms with Crippen LogP contribution < -0.4 is 25.4 Å². The zero-order valence-corrected chi connectivity index (χ0v) is 13.5. The highest BCUT2D eigenvalue weighted by atomic mass is 32.1. The third kappa shape index (κ3) is 3.29. The van der Waals surface area contributed by atoms with Gasteiger partial charge in [-0.05, 0) is 0 Å². The summed E-state index contributed by atoms with van der Waals surface area (Å²) in [7, 11) is 3.13. The van der Waals surface area contributed by atoms with Gasteiger partial charge < -0.3 is 20.1 Å². The average molecular weight is 336 g/mol. The summed E-state index contributed by atoms with van der Waals surface area (Å²) < 4.78 is 11.3. The molecule has 1 aromatic heterocycles. The minimum Gasteiger partial charge on any atom is -0.497 e. The number of methoxy groups -OCH3 is 2. The number of aromatic nitrogens is 1. The number of carbonyl (C=O) groups is 2. The first kappa shape index (κ1) is 15.3. The van der Waals surface area contributed by atoms with Gasteiger partial charge in [0.25, 0.3) is 0 Å². The number of amides is 3. The molecule has 0 bridgehead atoms. The summed E-state index contributed by atoms with van der Waals surface area (Å²) in [6.07, 6.45) is 0.290. The molecule has 1 aliphatic rings. The second-order valence-corrected chi connectivity index (χ2v) is 6.00. The lowest BCUT2D eigenvalue weighted by atomic mass is 10.3. The molecule has 0 spiro atoms. The lowest BCUT2D eigenvalue weighted by Gasteiger charge is -2.09. The van der Waals surface area contributed by atoms with Gasteiger partial charge in [-0.3, -0.25) is 10.1 Å². The number of rotatable bonds is 4. The summed E-state index contributed by atoms with van der Waals surface area (Å²) >= 11 is 1.31. The van der Waals surface area contributed by atoms with Crippen molar-refractivity contribution < 1.29 is 19.1 Å². The van der Waals surface area contributed by atoms with E-state index in [1.165, 1.54) is 11.3 Å². The quantitative estimate of drug-likeness (QED) is 0.782. The molecule has 8 nitrogen and oxygen atoms in total. The van der Waals surface area contributed by atoms with Gasteiger partial charge in [-0.25, -0.2) is 9.78 Å². The van der Waals surface area contributed by atoms with Crippen molar-refractivity contribution >= 4 is 38.6 Å². The number of anilines is 1. The Kier molecular flexibility index (Phi) is 4.20. The van der Waals surface area contributed by atoms with Crippen LogP contribution in [-0.4, -0.2) is 43.7 Å². The van der Waals surface area contributed by atoms with Gasteiger partial charge in [0.05, 0.1) is 30.5 Å². The van der Waals surface area contributed by atoms with E-state index in [-0.39, 0.29) is 18.4 Å². The predicted molar refractivity (Wildman–Crippen MR) is 86.3 cm³/mol. The van der Waals surface area contributed by atoms with Crippen molar-refractivity contribution in [1.82, 2.24) is 15.6 Å². The third-order valence-corrected chi connectivity index (χ3v) is 4.42. The Hall–Kier alpha value is -2.55. The first-order valence-electron chi connectivity index (χ1n) is 6.96. The number of nitrogens with one attached hydrogen (secondary N) is 3. The highest BCUT2D eigenvalue weighted by Gasteiger charge is 2.23. The van der Waals surface area contributed by atoms with Gasteiger partial charge in [0.2, 0.25) is 5.91 Å². The van der Waals surface area contributed by atoms with E-state index >= 15 is 0 Å². The van der Waals surface area contributed by atoms with Crippen LogP contribution >= 0.6 is 11.3 Å². The number of hydrogen-bond acceptors (Lipinski definition) is 6. The van der Waals surface area contributed by atoms with Gasteiger partial charge in [-0.15, -0.1) is 0 Å². The largest absolute Gasteiger partial charge is 0.497 e. The van der Waals surface area contributed by atoms with Crippen LogP contribution in [0.15, 0.2) is 12.1 Å². The zero-order chi connectivity index (χ0) is 16.4. The molecular formula is C14H16N4O4S. The minimum absolute atomic E-state index is 0.0629. The SMILES string of the molecule is COc1cc(OC)c2sc(NC(=O)NC3CNC(=O)C3)nc2c1. The van der Waals surface area contributed by atoms with Crippen LogP contribution in [-0.2, 0) is 4.79 Å². The molecule has 0 radical (unpaired) electrons. The maximum atomic E-state index is 12.0. The first-order valence-corrected chi connectivity index (χ1v) is 7.77. The highest BCUT2D eigenvalue weighted by Crippen LogP contribution is 2.37. The Morgan fingerprint density at radius 3 is 2.87 bits per heavy atom. The molecule has 1 atom stereocenters. The number of urea groups is 1. The molecule has 1 fully saturated rings. The summed E-state index contributed by atoms with van der Waals surface area (Å²) in [5, 5.41) is 8.52. The van der Waals surface area contributed by atoms with E-state index in [4.69, 9.17) is 9.47 Å². The predicted octanol–water partition coefficient (Wildman–Crippen LogP) is 1.32. The van der Waals surface area contributed by atoms with E-state index < -0.39 is 6.03 Å². The summed E-state index contributed by atoms with van der Waals surface area (Å²) in [4.78, 5) is 27.5. The monoisotopic (exact) mass is 336 g/mol. The van der Waals surface area contributed by atoms with Gasteiger partial charge in [-0.2, -0.15) is 0 Å². The average Bonchev–Trinajstić information content (AvgIpc) is 3.11. The van der Waals surface area contributed by atoms with Crippen molar-refractivity contribution in [3.05, 3.63) is 12.1 Å². The van der Waals surface area contributed by atoms with E-state index in [0.717, 1.165) is 4.70 Å². The fraction of sp³-hybridized carbons (Fsp3) is 0.357. The highest BCUT2D eigenvalue weighted by molar-refractivity contribution is 7.22. The molecule has 3 amide bonds. The van der Waals surface area contributed by atoms with Gasteiger partial charge >= 0.3 is 6.03 Å². The van der Waals surface area contributed by atoms with E-state index in [1.807, 2.05) is 0 Å². The van der Waals surface area contributed by atoms with Crippen LogP contribution in [0.5, 0.6) is 11.5 Å². The van der Waals surface area contributed by atoms with Crippen molar-refractivity contribution in [2.24, 2.45) is 0 Å². The number of benzene rings is 1. The van der Waals surface area contributed by atoms with E-state index in [1.54, 1.807) is 26.4 Å². The van der Waals surface area contributed by atoms with E-state index in [2.05, 4.69) is 20.9 Å². The maximum absolute atomic E-state index is 12.0. The lowest BCUT2D eigenvalue weighted by molar-refractivity contribution is -0.119. The van der Waals surface area contributed by atoms with Crippen molar-refractivity contribution in [2.45, 2.75) is 12.5 Å². The summed E-state index contributed by atoms with van der Waals surface area (Å²) in [5.74, 6) is 1.20. The topological polar surface area (TPSA) is 102 Å². The maximum Gasteiger partial charge on any atom is 0.321 e. The normalized spacial score (nSPS) is 17.0. The second-order valence-electron chi connectivity index (χ2n) is 5.00. The molecule has 0 aliphatic carbocycles. The van der Waals surface area contributed by atoms with Gasteiger partial charge in [0.15, 0.2) is 5.13 Å². The molecule has 2 heterocycles. The molecule has 3 rings (SSSR count). The van der Waals surface area contributed by atoms with Crippen molar-refractivity contribution in [2.75, 3.05) is 26.1 Å². The minimum atomic E-state index is -0.392. The number of thiazole rings is 1. The van der Waals surface area contributed by atoms with Crippen LogP contribution in [0.25, 0.3) is 10.2 Å². The molecule has 1 saturated heterocycles. The molecule has 9 heteroatoms. The number of fused-ring (bicyclic) bond motifs is 1. The molecule has 1 unspecified atom stereocenters. The third-order valence-electron chi connectivity index (χ3n) is 3.42. The molecule has 122 valence electrons. The van der Waals surface area contributed by atoms with Gasteiger partial charge in [0.1, 0.15) is 11.5 Å². The van der Waals surface area contributed by atoms with Crippen molar-refractivity contribution in [3.8, 4) is 11.5 Å². The number of ether oxygens (including phenoxy) is 2. The number of nitrogens with zero attached hydrogens (tertiary/aromatic N) is 1. The Labute approximate surface area is 136 Å². The zero-order valence-electron chi connectivity index (χ0n) is 12.6. The lowest BCUT2D eigenvalue weighted by Crippen LogP contribution is -2.39. The molecule has 23 heavy (non-hydrogen) atoms. The smallest absolute Gasteiger partial charge is 0.321 e. The van der Waals surface area contributed by atoms with Gasteiger partial charge in [-0.1, -0.05) is 11.3 Å². The summed E-state index contributed by atoms with van der Waals surface area (Å²) in [6, 6.07) is 2.94. The molecular weight excluding hydrogens is 320 g/mol. The Morgan fingerprint density at radius 2 is 2.22 bits per heavy atom. The number of carbonyl (C=O) groups excluding carboxylic acids is 2. The van der Waals surface area contributed by atoms with Crippen LogP contribution in [0.2, 0.25) is 0 Å². The van der Waals surface area contributed by atoms with Gasteiger partial charge in [0, 0.05) is 25.1 Å². The first-order chi connectivity index (χ1) is 11.1. The number of hydrogen-bond donors (Lipinski definition) is 3. The molecule has 0 saturated carbocycles. The standard InChI is InChI=1S/C14H16N4O4S/c1-21-8-4-9-12(10(5-8)22-2)23-14(17-9)18-13(20)16-7-3-11(19)15-6-7/h4-5,7H,3,6H2,1-2H3,(H,15,19)(H2,16,17,18,20). The van der Waals surface area contributed by atoms with Crippen molar-refractivity contribution in [3.63, 3.8) is 0 Å². The molecule has 3 N–H and O–H groups in total. The van der Waals surface area contributed by atoms with Crippen LogP contribution in [0.3, 0.4) is 0 Å². The summed E-state index contributed by atoms with van der Waals surface area (Å²) in [6.45, 7) is 0.442. The molecule has 2 aromatic rings. The molecule has 1 aromatic carbocycles. The van der Waals surface area contributed by atoms with Crippen molar-refractivity contribution in [1.29, 1.82) is 0 Å². The van der Waals surface area contributed by atoms with Crippen LogP contribution in [0.1, 0.15) is 6.42 Å². The van der Waals surface area contributed by atoms with Crippen LogP contribution in [0.4, 0.5) is 9.93 Å². The Balaban J connectivity index is 1.75. The van der Waals surface area contributed by atoms with Crippen LogP contribution in [0, 0.1) is 0 Å². The Morgan fingerprint density at radius 1 is 1.39 bits per heavy atom.